The van der Waals surface area contributed by atoms with E-state index in [9.17, 15) is 4.79 Å². The number of hydrogen-bond acceptors (Lipinski definition) is 1. The second-order valence-electron chi connectivity index (χ2n) is 5.45. The molecule has 0 atom stereocenters. The lowest BCUT2D eigenvalue weighted by Crippen LogP contribution is -2.02. The van der Waals surface area contributed by atoms with Crippen LogP contribution in [0.1, 0.15) is 46.3 Å². The summed E-state index contributed by atoms with van der Waals surface area (Å²) in [7, 11) is 0. The second kappa shape index (κ2) is 7.63. The van der Waals surface area contributed by atoms with E-state index in [-0.39, 0.29) is 0 Å². The highest BCUT2D eigenvalue weighted by Gasteiger charge is 2.08. The maximum atomic E-state index is 11.1. The molecule has 2 heteroatoms. The van der Waals surface area contributed by atoms with Gasteiger partial charge in [0.05, 0.1) is 5.56 Å². The quantitative estimate of drug-likeness (QED) is 0.751. The summed E-state index contributed by atoms with van der Waals surface area (Å²) < 4.78 is 0. The fraction of sp³-hybridized carbons (Fsp3) is 0.316. The van der Waals surface area contributed by atoms with Crippen molar-refractivity contribution >= 4 is 5.97 Å². The Morgan fingerprint density at radius 2 is 1.43 bits per heavy atom. The molecule has 0 saturated heterocycles. The van der Waals surface area contributed by atoms with E-state index >= 15 is 0 Å². The summed E-state index contributed by atoms with van der Waals surface area (Å²) in [6.45, 7) is 2.15. The number of carboxylic acid groups (broad SMARTS) is 1. The monoisotopic (exact) mass is 282 g/mol. The molecule has 0 aromatic heterocycles. The molecule has 0 aliphatic heterocycles. The molecule has 0 amide bonds. The highest BCUT2D eigenvalue weighted by Crippen LogP contribution is 2.15. The first-order valence-corrected chi connectivity index (χ1v) is 7.54. The van der Waals surface area contributed by atoms with Gasteiger partial charge in [-0.15, -0.1) is 0 Å². The molecule has 2 nitrogen and oxygen atoms in total. The normalized spacial score (nSPS) is 10.5. The molecule has 110 valence electrons. The standard InChI is InChI=1S/C19H22O2/c1-15-9-5-6-11-16(15)10-3-2-4-12-17-13-7-8-14-18(17)19(20)21/h5-9,11,13-14H,2-4,10,12H2,1H3,(H,20,21). The van der Waals surface area contributed by atoms with E-state index in [1.54, 1.807) is 12.1 Å². The van der Waals surface area contributed by atoms with Gasteiger partial charge >= 0.3 is 5.97 Å². The van der Waals surface area contributed by atoms with Crippen molar-refractivity contribution in [3.63, 3.8) is 0 Å². The van der Waals surface area contributed by atoms with Crippen molar-refractivity contribution in [3.8, 4) is 0 Å². The van der Waals surface area contributed by atoms with Gasteiger partial charge in [-0.25, -0.2) is 4.79 Å². The molecule has 0 aliphatic rings. The minimum absolute atomic E-state index is 0.441. The second-order valence-corrected chi connectivity index (χ2v) is 5.45. The van der Waals surface area contributed by atoms with E-state index in [2.05, 4.69) is 31.2 Å². The van der Waals surface area contributed by atoms with Crippen LogP contribution in [-0.4, -0.2) is 11.1 Å². The third-order valence-corrected chi connectivity index (χ3v) is 3.90. The third kappa shape index (κ3) is 4.45. The van der Waals surface area contributed by atoms with Gasteiger partial charge in [0.25, 0.3) is 0 Å². The van der Waals surface area contributed by atoms with Crippen molar-refractivity contribution in [2.24, 2.45) is 0 Å². The summed E-state index contributed by atoms with van der Waals surface area (Å²) in [5.41, 5.74) is 4.16. The van der Waals surface area contributed by atoms with Crippen molar-refractivity contribution in [1.29, 1.82) is 0 Å². The van der Waals surface area contributed by atoms with Gasteiger partial charge in [0.15, 0.2) is 0 Å². The van der Waals surface area contributed by atoms with Crippen LogP contribution >= 0.6 is 0 Å². The number of aromatic carboxylic acids is 1. The summed E-state index contributed by atoms with van der Waals surface area (Å²) in [5, 5.41) is 9.15. The van der Waals surface area contributed by atoms with E-state index in [0.717, 1.165) is 37.7 Å². The summed E-state index contributed by atoms with van der Waals surface area (Å²) in [5.74, 6) is -0.828. The molecule has 0 saturated carbocycles. The van der Waals surface area contributed by atoms with Crippen LogP contribution in [0.3, 0.4) is 0 Å². The Morgan fingerprint density at radius 3 is 2.10 bits per heavy atom. The molecule has 2 aromatic rings. The molecule has 0 fully saturated rings. The van der Waals surface area contributed by atoms with E-state index in [0.29, 0.717) is 5.56 Å². The van der Waals surface area contributed by atoms with E-state index in [1.807, 2.05) is 12.1 Å². The molecule has 21 heavy (non-hydrogen) atoms. The molecule has 2 rings (SSSR count). The van der Waals surface area contributed by atoms with Crippen LogP contribution in [-0.2, 0) is 12.8 Å². The van der Waals surface area contributed by atoms with Crippen molar-refractivity contribution < 1.29 is 9.90 Å². The first-order chi connectivity index (χ1) is 10.2. The topological polar surface area (TPSA) is 37.3 Å². The molecule has 0 spiro atoms. The SMILES string of the molecule is Cc1ccccc1CCCCCc1ccccc1C(=O)O. The summed E-state index contributed by atoms with van der Waals surface area (Å²) in [6, 6.07) is 15.8. The van der Waals surface area contributed by atoms with Crippen molar-refractivity contribution in [2.45, 2.75) is 39.0 Å². The van der Waals surface area contributed by atoms with Gasteiger partial charge in [-0.2, -0.15) is 0 Å². The Morgan fingerprint density at radius 1 is 0.857 bits per heavy atom. The van der Waals surface area contributed by atoms with Crippen LogP contribution in [0.25, 0.3) is 0 Å². The van der Waals surface area contributed by atoms with Crippen LogP contribution < -0.4 is 0 Å². The fourth-order valence-electron chi connectivity index (χ4n) is 2.65. The van der Waals surface area contributed by atoms with Crippen LogP contribution in [0.5, 0.6) is 0 Å². The predicted molar refractivity (Wildman–Crippen MR) is 85.8 cm³/mol. The lowest BCUT2D eigenvalue weighted by Gasteiger charge is -2.07. The number of aryl methyl sites for hydroxylation is 3. The summed E-state index contributed by atoms with van der Waals surface area (Å²) >= 11 is 0. The van der Waals surface area contributed by atoms with Gasteiger partial charge in [0.1, 0.15) is 0 Å². The van der Waals surface area contributed by atoms with Gasteiger partial charge < -0.3 is 5.11 Å². The zero-order valence-corrected chi connectivity index (χ0v) is 12.5. The average Bonchev–Trinajstić information content (AvgIpc) is 2.49. The van der Waals surface area contributed by atoms with Gasteiger partial charge in [-0.3, -0.25) is 0 Å². The minimum atomic E-state index is -0.828. The van der Waals surface area contributed by atoms with Gasteiger partial charge in [-0.05, 0) is 55.4 Å². The number of carboxylic acids is 1. The highest BCUT2D eigenvalue weighted by atomic mass is 16.4. The van der Waals surface area contributed by atoms with Gasteiger partial charge in [-0.1, -0.05) is 48.9 Å². The zero-order valence-electron chi connectivity index (χ0n) is 12.5. The highest BCUT2D eigenvalue weighted by molar-refractivity contribution is 5.89. The molecule has 1 N–H and O–H groups in total. The first kappa shape index (κ1) is 15.3. The van der Waals surface area contributed by atoms with Crippen LogP contribution in [0, 0.1) is 6.92 Å². The number of rotatable bonds is 7. The molecule has 0 radical (unpaired) electrons. The number of hydrogen-bond donors (Lipinski definition) is 1. The maximum Gasteiger partial charge on any atom is 0.335 e. The molecule has 0 aliphatic carbocycles. The van der Waals surface area contributed by atoms with Crippen molar-refractivity contribution in [3.05, 3.63) is 70.8 Å². The Kier molecular flexibility index (Phi) is 5.56. The molecule has 2 aromatic carbocycles. The summed E-state index contributed by atoms with van der Waals surface area (Å²) in [6.07, 6.45) is 5.27. The predicted octanol–water partition coefficient (Wildman–Crippen LogP) is 4.65. The maximum absolute atomic E-state index is 11.1. The Bertz CT molecular complexity index is 602. The minimum Gasteiger partial charge on any atom is -0.478 e. The van der Waals surface area contributed by atoms with E-state index < -0.39 is 5.97 Å². The number of carbonyl (C=O) groups is 1. The summed E-state index contributed by atoms with van der Waals surface area (Å²) in [4.78, 5) is 11.1. The Hall–Kier alpha value is -2.09. The van der Waals surface area contributed by atoms with Gasteiger partial charge in [0.2, 0.25) is 0 Å². The molecular formula is C19H22O2. The van der Waals surface area contributed by atoms with Crippen LogP contribution in [0.2, 0.25) is 0 Å². The van der Waals surface area contributed by atoms with Crippen molar-refractivity contribution in [2.75, 3.05) is 0 Å². The fourth-order valence-corrected chi connectivity index (χ4v) is 2.65. The Labute approximate surface area is 126 Å². The van der Waals surface area contributed by atoms with Crippen LogP contribution in [0.4, 0.5) is 0 Å². The number of unbranched alkanes of at least 4 members (excludes halogenated alkanes) is 2. The van der Waals surface area contributed by atoms with Gasteiger partial charge in [0, 0.05) is 0 Å². The molecular weight excluding hydrogens is 260 g/mol. The van der Waals surface area contributed by atoms with Crippen LogP contribution in [0.15, 0.2) is 48.5 Å². The smallest absolute Gasteiger partial charge is 0.335 e. The lowest BCUT2D eigenvalue weighted by molar-refractivity contribution is 0.0695. The average molecular weight is 282 g/mol. The Balaban J connectivity index is 1.78. The van der Waals surface area contributed by atoms with Crippen molar-refractivity contribution in [1.82, 2.24) is 0 Å². The third-order valence-electron chi connectivity index (χ3n) is 3.90. The lowest BCUT2D eigenvalue weighted by atomic mass is 9.99. The van der Waals surface area contributed by atoms with E-state index in [1.165, 1.54) is 11.1 Å². The molecule has 0 bridgehead atoms. The molecule has 0 unspecified atom stereocenters. The largest absolute Gasteiger partial charge is 0.478 e. The zero-order chi connectivity index (χ0) is 15.1. The van der Waals surface area contributed by atoms with E-state index in [4.69, 9.17) is 5.11 Å². The first-order valence-electron chi connectivity index (χ1n) is 7.54. The number of benzene rings is 2. The molecule has 0 heterocycles.